The normalized spacial score (nSPS) is 12.8. The van der Waals surface area contributed by atoms with Crippen LogP contribution in [0.3, 0.4) is 0 Å². The number of para-hydroxylation sites is 2. The van der Waals surface area contributed by atoms with Crippen LogP contribution < -0.4 is 9.62 Å². The monoisotopic (exact) mass is 296 g/mol. The molecule has 1 aromatic carbocycles. The summed E-state index contributed by atoms with van der Waals surface area (Å²) in [6, 6.07) is 6.82. The Balaban J connectivity index is 2.46. The summed E-state index contributed by atoms with van der Waals surface area (Å²) in [6.07, 6.45) is 1.02. The molecule has 0 spiro atoms. The van der Waals surface area contributed by atoms with E-state index in [-0.39, 0.29) is 5.41 Å². The molecule has 0 fully saturated rings. The second-order valence-corrected chi connectivity index (χ2v) is 6.37. The highest BCUT2D eigenvalue weighted by molar-refractivity contribution is 5.68. The van der Waals surface area contributed by atoms with E-state index in [1.807, 2.05) is 0 Å². The minimum atomic E-state index is -1.04. The van der Waals surface area contributed by atoms with Crippen LogP contribution in [0, 0.1) is 11.3 Å². The first-order valence-corrected chi connectivity index (χ1v) is 7.01. The number of rotatable bonds is 8. The second-order valence-electron chi connectivity index (χ2n) is 6.37. The Morgan fingerprint density at radius 1 is 1.24 bits per heavy atom. The Kier molecular flexibility index (Phi) is 6.49. The molecule has 0 aromatic heterocycles. The predicted octanol–water partition coefficient (Wildman–Crippen LogP) is 3.53. The average Bonchev–Trinajstić information content (AvgIpc) is 2.35. The van der Waals surface area contributed by atoms with Crippen LogP contribution in [0.2, 0.25) is 0 Å². The molecule has 1 atom stereocenters. The number of carboxylic acids is 1. The fraction of sp³-hybridized carbons (Fsp3) is 0.562. The van der Waals surface area contributed by atoms with Gasteiger partial charge in [-0.25, -0.2) is 4.79 Å². The fourth-order valence-electron chi connectivity index (χ4n) is 2.10. The Morgan fingerprint density at radius 3 is 2.43 bits per heavy atom. The van der Waals surface area contributed by atoms with Crippen LogP contribution in [0.4, 0.5) is 0 Å². The number of benzene rings is 1. The van der Waals surface area contributed by atoms with Crippen molar-refractivity contribution in [2.45, 2.75) is 34.1 Å². The van der Waals surface area contributed by atoms with Crippen molar-refractivity contribution in [3.05, 3.63) is 24.3 Å². The van der Waals surface area contributed by atoms with Gasteiger partial charge < -0.3 is 14.7 Å². The molecule has 21 heavy (non-hydrogen) atoms. The summed E-state index contributed by atoms with van der Waals surface area (Å²) in [5.41, 5.74) is 0.241. The first kappa shape index (κ1) is 17.3. The molecule has 0 heterocycles. The summed E-state index contributed by atoms with van der Waals surface area (Å²) < 4.78 is 5.13. The molecule has 1 N–H and O–H groups in total. The van der Waals surface area contributed by atoms with Gasteiger partial charge in [-0.05, 0) is 29.9 Å². The Bertz CT molecular complexity index is 450. The lowest BCUT2D eigenvalue weighted by Crippen LogP contribution is -2.16. The molecule has 1 rings (SSSR count). The van der Waals surface area contributed by atoms with E-state index in [1.165, 1.54) is 0 Å². The third-order valence-electron chi connectivity index (χ3n) is 2.66. The van der Waals surface area contributed by atoms with Crippen molar-refractivity contribution in [3.8, 4) is 11.5 Å². The van der Waals surface area contributed by atoms with Crippen molar-refractivity contribution in [1.82, 2.24) is 0 Å². The molecule has 0 aliphatic rings. The van der Waals surface area contributed by atoms with E-state index >= 15 is 0 Å². The van der Waals surface area contributed by atoms with Gasteiger partial charge in [0, 0.05) is 0 Å². The van der Waals surface area contributed by atoms with Gasteiger partial charge in [-0.2, -0.15) is 4.89 Å². The molecular weight excluding hydrogens is 272 g/mol. The number of ether oxygens (including phenoxy) is 1. The first-order valence-electron chi connectivity index (χ1n) is 7.01. The summed E-state index contributed by atoms with van der Waals surface area (Å²) in [4.78, 5) is 21.0. The van der Waals surface area contributed by atoms with Gasteiger partial charge in [0.15, 0.2) is 12.4 Å². The molecule has 0 saturated heterocycles. The standard InChI is InChI=1S/C16H24O5/c1-12(9-16(2,3)4)10-20-21-14-8-6-5-7-13(14)19-11-15(17)18/h5-8,12H,9-11H2,1-4H3,(H,17,18). The number of hydrogen-bond acceptors (Lipinski definition) is 4. The molecule has 1 unspecified atom stereocenters. The highest BCUT2D eigenvalue weighted by Gasteiger charge is 2.16. The smallest absolute Gasteiger partial charge is 0.341 e. The quantitative estimate of drug-likeness (QED) is 0.587. The number of aliphatic carboxylic acids is 1. The third-order valence-corrected chi connectivity index (χ3v) is 2.66. The third kappa shape index (κ3) is 7.56. The molecule has 5 nitrogen and oxygen atoms in total. The van der Waals surface area contributed by atoms with Crippen LogP contribution >= 0.6 is 0 Å². The maximum absolute atomic E-state index is 10.5. The maximum atomic E-state index is 10.5. The van der Waals surface area contributed by atoms with Crippen LogP contribution in [0.25, 0.3) is 0 Å². The Labute approximate surface area is 125 Å². The van der Waals surface area contributed by atoms with Crippen molar-refractivity contribution < 1.29 is 24.4 Å². The van der Waals surface area contributed by atoms with Gasteiger partial charge in [0.05, 0.1) is 6.61 Å². The van der Waals surface area contributed by atoms with E-state index in [0.717, 1.165) is 6.42 Å². The van der Waals surface area contributed by atoms with Gasteiger partial charge in [0.2, 0.25) is 5.75 Å². The van der Waals surface area contributed by atoms with Gasteiger partial charge in [0.1, 0.15) is 0 Å². The van der Waals surface area contributed by atoms with Gasteiger partial charge in [0.25, 0.3) is 0 Å². The minimum absolute atomic E-state index is 0.241. The van der Waals surface area contributed by atoms with E-state index in [1.54, 1.807) is 24.3 Å². The van der Waals surface area contributed by atoms with E-state index in [9.17, 15) is 4.79 Å². The lowest BCUT2D eigenvalue weighted by atomic mass is 9.86. The Morgan fingerprint density at radius 2 is 1.86 bits per heavy atom. The topological polar surface area (TPSA) is 65.0 Å². The molecule has 0 aliphatic heterocycles. The molecule has 0 aliphatic carbocycles. The molecule has 0 amide bonds. The lowest BCUT2D eigenvalue weighted by Gasteiger charge is -2.22. The van der Waals surface area contributed by atoms with Crippen LogP contribution in [-0.4, -0.2) is 24.3 Å². The average molecular weight is 296 g/mol. The van der Waals surface area contributed by atoms with Crippen molar-refractivity contribution >= 4 is 5.97 Å². The summed E-state index contributed by atoms with van der Waals surface area (Å²) in [5.74, 6) is 0.0479. The van der Waals surface area contributed by atoms with Crippen LogP contribution in [-0.2, 0) is 9.68 Å². The van der Waals surface area contributed by atoms with Crippen molar-refractivity contribution in [2.75, 3.05) is 13.2 Å². The molecular formula is C16H24O5. The molecule has 118 valence electrons. The van der Waals surface area contributed by atoms with Gasteiger partial charge in [-0.1, -0.05) is 39.8 Å². The number of carboxylic acid groups (broad SMARTS) is 1. The highest BCUT2D eigenvalue weighted by atomic mass is 17.2. The van der Waals surface area contributed by atoms with E-state index in [0.29, 0.717) is 24.0 Å². The van der Waals surface area contributed by atoms with E-state index in [2.05, 4.69) is 27.7 Å². The zero-order valence-corrected chi connectivity index (χ0v) is 13.1. The molecule has 1 aromatic rings. The van der Waals surface area contributed by atoms with Gasteiger partial charge in [-0.15, -0.1) is 0 Å². The summed E-state index contributed by atoms with van der Waals surface area (Å²) in [7, 11) is 0. The van der Waals surface area contributed by atoms with E-state index in [4.69, 9.17) is 19.6 Å². The summed E-state index contributed by atoms with van der Waals surface area (Å²) in [5, 5.41) is 8.63. The Hall–Kier alpha value is -1.75. The largest absolute Gasteiger partial charge is 0.479 e. The minimum Gasteiger partial charge on any atom is -0.479 e. The van der Waals surface area contributed by atoms with Crippen molar-refractivity contribution in [1.29, 1.82) is 0 Å². The van der Waals surface area contributed by atoms with Crippen molar-refractivity contribution in [3.63, 3.8) is 0 Å². The molecule has 0 bridgehead atoms. The zero-order valence-electron chi connectivity index (χ0n) is 13.1. The van der Waals surface area contributed by atoms with E-state index < -0.39 is 12.6 Å². The van der Waals surface area contributed by atoms with Crippen LogP contribution in [0.5, 0.6) is 11.5 Å². The SMILES string of the molecule is CC(COOc1ccccc1OCC(=O)O)CC(C)(C)C. The highest BCUT2D eigenvalue weighted by Crippen LogP contribution is 2.28. The number of hydrogen-bond donors (Lipinski definition) is 1. The van der Waals surface area contributed by atoms with Crippen LogP contribution in [0.1, 0.15) is 34.1 Å². The zero-order chi connectivity index (χ0) is 15.9. The maximum Gasteiger partial charge on any atom is 0.341 e. The summed E-state index contributed by atoms with van der Waals surface area (Å²) in [6.45, 7) is 8.69. The first-order chi connectivity index (χ1) is 9.78. The van der Waals surface area contributed by atoms with Gasteiger partial charge in [-0.3, -0.25) is 0 Å². The molecule has 0 radical (unpaired) electrons. The van der Waals surface area contributed by atoms with Crippen LogP contribution in [0.15, 0.2) is 24.3 Å². The summed E-state index contributed by atoms with van der Waals surface area (Å²) >= 11 is 0. The van der Waals surface area contributed by atoms with Gasteiger partial charge >= 0.3 is 5.97 Å². The second kappa shape index (κ2) is 7.88. The molecule has 0 saturated carbocycles. The fourth-order valence-corrected chi connectivity index (χ4v) is 2.10. The molecule has 5 heteroatoms. The van der Waals surface area contributed by atoms with Crippen molar-refractivity contribution in [2.24, 2.45) is 11.3 Å². The predicted molar refractivity (Wildman–Crippen MR) is 79.4 cm³/mol. The lowest BCUT2D eigenvalue weighted by molar-refractivity contribution is -0.217. The number of carbonyl (C=O) groups is 1.